The topological polar surface area (TPSA) is 74.7 Å². The van der Waals surface area contributed by atoms with Crippen molar-refractivity contribution in [3.63, 3.8) is 0 Å². The molecule has 1 aromatic carbocycles. The van der Waals surface area contributed by atoms with Gasteiger partial charge in [-0.05, 0) is 12.1 Å². The number of hydrogen-bond acceptors (Lipinski definition) is 4. The molecule has 0 radical (unpaired) electrons. The first-order valence-corrected chi connectivity index (χ1v) is 5.65. The monoisotopic (exact) mass is 278 g/mol. The predicted molar refractivity (Wildman–Crippen MR) is 71.2 cm³/mol. The molecule has 0 spiro atoms. The van der Waals surface area contributed by atoms with E-state index >= 15 is 0 Å². The number of rotatable bonds is 3. The van der Waals surface area contributed by atoms with Crippen LogP contribution in [0.2, 0.25) is 0 Å². The van der Waals surface area contributed by atoms with Crippen LogP contribution in [0.15, 0.2) is 41.7 Å². The summed E-state index contributed by atoms with van der Waals surface area (Å²) in [6, 6.07) is 7.35. The average Bonchev–Trinajstić information content (AvgIpc) is 2.46. The molecule has 2 rings (SSSR count). The van der Waals surface area contributed by atoms with Crippen LogP contribution in [-0.2, 0) is 0 Å². The van der Waals surface area contributed by atoms with Gasteiger partial charge in [0.15, 0.2) is 17.5 Å². The lowest BCUT2D eigenvalue weighted by molar-refractivity contribution is 0.318. The maximum absolute atomic E-state index is 13.7. The Balaban J connectivity index is 2.40. The van der Waals surface area contributed by atoms with E-state index in [1.54, 1.807) is 31.3 Å². The number of halogens is 2. The maximum atomic E-state index is 13.7. The first kappa shape index (κ1) is 13.7. The van der Waals surface area contributed by atoms with Crippen LogP contribution in [0.4, 0.5) is 20.3 Å². The zero-order valence-corrected chi connectivity index (χ0v) is 10.6. The Morgan fingerprint density at radius 2 is 2.10 bits per heavy atom. The highest BCUT2D eigenvalue weighted by Gasteiger charge is 2.13. The van der Waals surface area contributed by atoms with Crippen molar-refractivity contribution in [1.82, 2.24) is 4.98 Å². The Kier molecular flexibility index (Phi) is 3.79. The third kappa shape index (κ3) is 2.66. The van der Waals surface area contributed by atoms with Gasteiger partial charge in [0.05, 0.1) is 6.20 Å². The van der Waals surface area contributed by atoms with E-state index in [1.165, 1.54) is 4.90 Å². The number of anilines is 2. The van der Waals surface area contributed by atoms with Gasteiger partial charge in [-0.3, -0.25) is 0 Å². The van der Waals surface area contributed by atoms with Gasteiger partial charge in [0, 0.05) is 24.4 Å². The normalized spacial score (nSPS) is 11.4. The van der Waals surface area contributed by atoms with Crippen molar-refractivity contribution in [1.29, 1.82) is 0 Å². The van der Waals surface area contributed by atoms with Crippen LogP contribution >= 0.6 is 0 Å². The molecule has 5 nitrogen and oxygen atoms in total. The smallest absolute Gasteiger partial charge is 0.170 e. The van der Waals surface area contributed by atoms with Gasteiger partial charge in [0.1, 0.15) is 5.82 Å². The molecule has 0 aliphatic heterocycles. The Bertz CT molecular complexity index is 661. The number of hydrogen-bond donors (Lipinski definition) is 2. The Morgan fingerprint density at radius 3 is 2.75 bits per heavy atom. The lowest BCUT2D eigenvalue weighted by Gasteiger charge is -2.19. The van der Waals surface area contributed by atoms with Gasteiger partial charge in [-0.2, -0.15) is 0 Å². The molecular weight excluding hydrogens is 266 g/mol. The highest BCUT2D eigenvalue weighted by atomic mass is 19.1. The fraction of sp³-hybridized carbons (Fsp3) is 0.0769. The molecule has 2 aromatic rings. The number of aromatic nitrogens is 1. The number of nitrogens with two attached hydrogens (primary N) is 1. The zero-order chi connectivity index (χ0) is 14.7. The molecule has 0 aliphatic carbocycles. The largest absolute Gasteiger partial charge is 0.409 e. The van der Waals surface area contributed by atoms with E-state index in [9.17, 15) is 8.78 Å². The van der Waals surface area contributed by atoms with E-state index < -0.39 is 11.6 Å². The van der Waals surface area contributed by atoms with Crippen molar-refractivity contribution in [2.45, 2.75) is 0 Å². The van der Waals surface area contributed by atoms with Crippen LogP contribution in [0, 0.1) is 11.6 Å². The van der Waals surface area contributed by atoms with Crippen LogP contribution in [0.3, 0.4) is 0 Å². The van der Waals surface area contributed by atoms with Gasteiger partial charge in [0.25, 0.3) is 0 Å². The highest BCUT2D eigenvalue weighted by Crippen LogP contribution is 2.25. The van der Waals surface area contributed by atoms with Gasteiger partial charge in [-0.1, -0.05) is 17.3 Å². The molecule has 0 unspecified atom stereocenters. The molecule has 7 heteroatoms. The summed E-state index contributed by atoms with van der Waals surface area (Å²) in [4.78, 5) is 5.15. The van der Waals surface area contributed by atoms with Crippen LogP contribution < -0.4 is 10.6 Å². The van der Waals surface area contributed by atoms with Crippen molar-refractivity contribution in [3.8, 4) is 0 Å². The lowest BCUT2D eigenvalue weighted by Crippen LogP contribution is -2.16. The number of nitrogens with zero attached hydrogens (tertiary/aromatic N) is 3. The van der Waals surface area contributed by atoms with Gasteiger partial charge >= 0.3 is 0 Å². The number of benzene rings is 1. The van der Waals surface area contributed by atoms with Crippen LogP contribution in [0.25, 0.3) is 0 Å². The fourth-order valence-electron chi connectivity index (χ4n) is 1.71. The summed E-state index contributed by atoms with van der Waals surface area (Å²) in [5.41, 5.74) is 6.53. The molecule has 20 heavy (non-hydrogen) atoms. The minimum absolute atomic E-state index is 0.0249. The van der Waals surface area contributed by atoms with Crippen molar-refractivity contribution in [2.24, 2.45) is 10.9 Å². The number of oxime groups is 1. The molecule has 0 fully saturated rings. The first-order valence-electron chi connectivity index (χ1n) is 5.65. The predicted octanol–water partition coefficient (Wildman–Crippen LogP) is 2.22. The quantitative estimate of drug-likeness (QED) is 0.391. The Morgan fingerprint density at radius 1 is 1.35 bits per heavy atom. The number of amidine groups is 1. The van der Waals surface area contributed by atoms with E-state index in [0.717, 1.165) is 12.3 Å². The zero-order valence-electron chi connectivity index (χ0n) is 10.6. The van der Waals surface area contributed by atoms with E-state index in [2.05, 4.69) is 10.1 Å². The summed E-state index contributed by atoms with van der Waals surface area (Å²) >= 11 is 0. The van der Waals surface area contributed by atoms with E-state index in [-0.39, 0.29) is 11.7 Å². The second-order valence-electron chi connectivity index (χ2n) is 4.05. The van der Waals surface area contributed by atoms with Crippen molar-refractivity contribution in [2.75, 3.05) is 11.9 Å². The molecule has 0 saturated heterocycles. The summed E-state index contributed by atoms with van der Waals surface area (Å²) in [6.45, 7) is 0. The molecule has 0 bridgehead atoms. The van der Waals surface area contributed by atoms with E-state index in [0.29, 0.717) is 11.3 Å². The molecule has 104 valence electrons. The lowest BCUT2D eigenvalue weighted by atomic mass is 10.1. The summed E-state index contributed by atoms with van der Waals surface area (Å²) in [5, 5.41) is 11.5. The van der Waals surface area contributed by atoms with Crippen molar-refractivity contribution < 1.29 is 14.0 Å². The first-order chi connectivity index (χ1) is 9.52. The van der Waals surface area contributed by atoms with Crippen molar-refractivity contribution >= 4 is 17.3 Å². The molecule has 0 saturated carbocycles. The fourth-order valence-corrected chi connectivity index (χ4v) is 1.71. The minimum Gasteiger partial charge on any atom is -0.409 e. The van der Waals surface area contributed by atoms with Gasteiger partial charge in [0.2, 0.25) is 0 Å². The Labute approximate surface area is 114 Å². The summed E-state index contributed by atoms with van der Waals surface area (Å²) < 4.78 is 26.5. The summed E-state index contributed by atoms with van der Waals surface area (Å²) in [6.07, 6.45) is 0.933. The molecule has 3 N–H and O–H groups in total. The van der Waals surface area contributed by atoms with Gasteiger partial charge in [-0.25, -0.2) is 13.8 Å². The molecule has 0 atom stereocenters. The van der Waals surface area contributed by atoms with Crippen LogP contribution in [0.5, 0.6) is 0 Å². The summed E-state index contributed by atoms with van der Waals surface area (Å²) in [7, 11) is 1.58. The second kappa shape index (κ2) is 5.52. The van der Waals surface area contributed by atoms with Crippen LogP contribution in [-0.4, -0.2) is 23.1 Å². The second-order valence-corrected chi connectivity index (χ2v) is 4.05. The number of pyridine rings is 1. The SMILES string of the molecule is CN(c1cccc(/C(N)=N/O)c1)c1ncc(F)cc1F. The average molecular weight is 278 g/mol. The molecule has 0 amide bonds. The van der Waals surface area contributed by atoms with Gasteiger partial charge in [-0.15, -0.1) is 0 Å². The van der Waals surface area contributed by atoms with Gasteiger partial charge < -0.3 is 15.8 Å². The Hall–Kier alpha value is -2.70. The van der Waals surface area contributed by atoms with Crippen LogP contribution in [0.1, 0.15) is 5.56 Å². The summed E-state index contributed by atoms with van der Waals surface area (Å²) in [5.74, 6) is -1.61. The minimum atomic E-state index is -0.776. The van der Waals surface area contributed by atoms with E-state index in [1.807, 2.05) is 0 Å². The molecule has 1 heterocycles. The molecular formula is C13H12F2N4O. The third-order valence-electron chi connectivity index (χ3n) is 2.74. The highest BCUT2D eigenvalue weighted by molar-refractivity contribution is 5.97. The standard InChI is InChI=1S/C13H12F2N4O/c1-19(13-11(15)6-9(14)7-17-13)10-4-2-3-8(5-10)12(16)18-20/h2-7,20H,1H3,(H2,16,18). The van der Waals surface area contributed by atoms with Crippen molar-refractivity contribution in [3.05, 3.63) is 53.7 Å². The molecule has 0 aliphatic rings. The third-order valence-corrected chi connectivity index (χ3v) is 2.74. The van der Waals surface area contributed by atoms with E-state index in [4.69, 9.17) is 10.9 Å². The molecule has 1 aromatic heterocycles. The maximum Gasteiger partial charge on any atom is 0.170 e.